The van der Waals surface area contributed by atoms with Crippen molar-refractivity contribution in [2.24, 2.45) is 22.7 Å². The second kappa shape index (κ2) is 19.1. The molecule has 0 unspecified atom stereocenters. The van der Waals surface area contributed by atoms with Gasteiger partial charge in [-0.25, -0.2) is 4.39 Å². The van der Waals surface area contributed by atoms with E-state index < -0.39 is 0 Å². The first-order chi connectivity index (χ1) is 23.2. The van der Waals surface area contributed by atoms with Gasteiger partial charge in [-0.3, -0.25) is 4.79 Å². The predicted molar refractivity (Wildman–Crippen MR) is 207 cm³/mol. The molecular formula is C44H56FIrNO3-2. The predicted octanol–water partition coefficient (Wildman–Crippen LogP) is 10.8. The van der Waals surface area contributed by atoms with E-state index in [4.69, 9.17) is 4.42 Å². The second-order valence-electron chi connectivity index (χ2n) is 13.7. The minimum atomic E-state index is -0.262. The molecule has 1 radical (unpaired) electrons. The van der Waals surface area contributed by atoms with Crippen molar-refractivity contribution in [3.05, 3.63) is 106 Å². The zero-order valence-electron chi connectivity index (χ0n) is 31.7. The molecule has 0 aliphatic carbocycles. The van der Waals surface area contributed by atoms with Crippen molar-refractivity contribution >= 4 is 45.6 Å². The minimum absolute atomic E-state index is 0. The molecule has 0 saturated heterocycles. The van der Waals surface area contributed by atoms with E-state index in [1.165, 1.54) is 11.6 Å². The van der Waals surface area contributed by atoms with Crippen LogP contribution in [-0.4, -0.2) is 17.1 Å². The van der Waals surface area contributed by atoms with Gasteiger partial charge in [0.25, 0.3) is 0 Å². The topological polar surface area (TPSA) is 62.8 Å². The number of carbonyl (C=O) groups is 1. The van der Waals surface area contributed by atoms with Crippen LogP contribution in [0.2, 0.25) is 0 Å². The number of aliphatic hydroxyl groups is 1. The number of nitrogens with zero attached hydrogens (tertiary/aromatic N) is 1. The molecule has 0 bridgehead atoms. The summed E-state index contributed by atoms with van der Waals surface area (Å²) in [6.07, 6.45) is 9.57. The number of aliphatic hydroxyl groups excluding tert-OH is 1. The zero-order chi connectivity index (χ0) is 36.6. The molecule has 0 amide bonds. The van der Waals surface area contributed by atoms with E-state index in [1.54, 1.807) is 13.1 Å². The van der Waals surface area contributed by atoms with Crippen LogP contribution in [0.1, 0.15) is 108 Å². The Hall–Kier alpha value is -3.60. The molecule has 1 aromatic heterocycles. The van der Waals surface area contributed by atoms with E-state index in [0.717, 1.165) is 70.2 Å². The number of furan rings is 1. The number of hydrogen-bond donors (Lipinski definition) is 1. The van der Waals surface area contributed by atoms with Gasteiger partial charge in [0.2, 0.25) is 0 Å². The van der Waals surface area contributed by atoms with Gasteiger partial charge in [0.05, 0.1) is 17.2 Å². The van der Waals surface area contributed by atoms with E-state index in [9.17, 15) is 9.90 Å². The van der Waals surface area contributed by atoms with Crippen LogP contribution in [0, 0.1) is 58.3 Å². The molecule has 0 spiro atoms. The van der Waals surface area contributed by atoms with E-state index in [2.05, 4.69) is 57.9 Å². The van der Waals surface area contributed by atoms with Crippen molar-refractivity contribution in [3.63, 3.8) is 0 Å². The maximum atomic E-state index is 15.6. The molecule has 4 nitrogen and oxygen atoms in total. The number of ketones is 1. The third kappa shape index (κ3) is 9.59. The van der Waals surface area contributed by atoms with Crippen LogP contribution >= 0.6 is 0 Å². The van der Waals surface area contributed by atoms with Crippen molar-refractivity contribution < 1.29 is 38.8 Å². The van der Waals surface area contributed by atoms with Crippen LogP contribution < -0.4 is 10.4 Å². The number of allylic oxidation sites excluding steroid dienone is 2. The first kappa shape index (κ1) is 42.6. The standard InChI is InChI=1S/C31H32FNO.C13H24O2.Ir/c1-17(2)13-23-9-10-25(24(16-23)11-12-33-8)22(7)28-20(5)21(6)30(32)29-26-14-18(3)19(4)15-27(26)34-31(28)29;1-5-10(6-2)12(14)9-13(15)11(7-3)8-4;/h9-12,14-17H,5,8,13H2,1-4,6-7H3;9-11,14H,5-8H2,1-4H3;/q-2;;/b24-11-,25-22+,33-12?;12-9-;. The summed E-state index contributed by atoms with van der Waals surface area (Å²) in [5.74, 6) is 0.839. The summed E-state index contributed by atoms with van der Waals surface area (Å²) in [5.41, 5.74) is 7.77. The normalized spacial score (nSPS) is 13.1. The van der Waals surface area contributed by atoms with Crippen molar-refractivity contribution in [1.82, 2.24) is 0 Å². The summed E-state index contributed by atoms with van der Waals surface area (Å²) in [4.78, 5) is 15.6. The SMILES string of the molecule is CCC(CC)C(=O)/C=C(\O)C(CC)CC.[CH2-]N=C/C=c1/cc(CC(C)C)cc/c1=C(/C)c1c([CH2-])c(C)c(F)c2c1oc1cc(C)c(C)cc12.[Ir]. The third-order valence-electron chi connectivity index (χ3n) is 9.81. The summed E-state index contributed by atoms with van der Waals surface area (Å²) in [6, 6.07) is 10.5. The van der Waals surface area contributed by atoms with Gasteiger partial charge in [0.15, 0.2) is 5.78 Å². The van der Waals surface area contributed by atoms with E-state index in [1.807, 2.05) is 59.8 Å². The fraction of sp³-hybridized carbons (Fsp3) is 0.409. The number of aryl methyl sites for hydroxylation is 2. The van der Waals surface area contributed by atoms with E-state index in [0.29, 0.717) is 33.6 Å². The van der Waals surface area contributed by atoms with Crippen LogP contribution in [0.15, 0.2) is 51.6 Å². The molecule has 50 heavy (non-hydrogen) atoms. The molecule has 0 atom stereocenters. The Morgan fingerprint density at radius 2 is 1.58 bits per heavy atom. The van der Waals surface area contributed by atoms with Crippen LogP contribution in [0.4, 0.5) is 4.39 Å². The Balaban J connectivity index is 0.000000461. The number of hydrogen-bond acceptors (Lipinski definition) is 4. The number of carbonyl (C=O) groups excluding carboxylic acids is 1. The summed E-state index contributed by atoms with van der Waals surface area (Å²) in [7, 11) is 3.58. The Labute approximate surface area is 313 Å². The Morgan fingerprint density at radius 3 is 2.14 bits per heavy atom. The van der Waals surface area contributed by atoms with Gasteiger partial charge in [0.1, 0.15) is 5.58 Å². The molecule has 6 heteroatoms. The van der Waals surface area contributed by atoms with Gasteiger partial charge >= 0.3 is 0 Å². The van der Waals surface area contributed by atoms with Crippen molar-refractivity contribution in [2.75, 3.05) is 0 Å². The fourth-order valence-electron chi connectivity index (χ4n) is 6.52. The van der Waals surface area contributed by atoms with Gasteiger partial charge in [0, 0.05) is 48.8 Å². The average molecular weight is 858 g/mol. The maximum Gasteiger partial charge on any atom is 0.162 e. The molecule has 4 rings (SSSR count). The molecule has 4 aromatic rings. The quantitative estimate of drug-likeness (QED) is 0.0707. The first-order valence-corrected chi connectivity index (χ1v) is 17.8. The summed E-state index contributed by atoms with van der Waals surface area (Å²) in [6.45, 7) is 24.7. The largest absolute Gasteiger partial charge is 0.512 e. The van der Waals surface area contributed by atoms with Gasteiger partial charge in [-0.2, -0.15) is 19.5 Å². The smallest absolute Gasteiger partial charge is 0.162 e. The second-order valence-corrected chi connectivity index (χ2v) is 13.7. The van der Waals surface area contributed by atoms with E-state index in [-0.39, 0.29) is 49.3 Å². The molecule has 0 saturated carbocycles. The Kier molecular flexibility index (Phi) is 16.3. The molecule has 3 aromatic carbocycles. The minimum Gasteiger partial charge on any atom is -0.512 e. The molecule has 0 aliphatic heterocycles. The summed E-state index contributed by atoms with van der Waals surface area (Å²) >= 11 is 0. The number of rotatable bonds is 11. The number of aliphatic imine (C=N–C) groups is 1. The molecular weight excluding hydrogens is 802 g/mol. The summed E-state index contributed by atoms with van der Waals surface area (Å²) in [5, 5.41) is 13.2. The molecule has 1 N–H and O–H groups in total. The molecule has 0 fully saturated rings. The third-order valence-corrected chi connectivity index (χ3v) is 9.81. The molecule has 1 heterocycles. The van der Waals surface area contributed by atoms with Crippen LogP contribution in [0.5, 0.6) is 0 Å². The monoisotopic (exact) mass is 858 g/mol. The maximum absolute atomic E-state index is 15.6. The van der Waals surface area contributed by atoms with Crippen LogP contribution in [0.25, 0.3) is 33.6 Å². The van der Waals surface area contributed by atoms with E-state index >= 15 is 4.39 Å². The number of halogens is 1. The molecule has 0 aliphatic rings. The number of fused-ring (bicyclic) bond motifs is 3. The van der Waals surface area contributed by atoms with Crippen molar-refractivity contribution in [2.45, 2.75) is 101 Å². The number of benzene rings is 3. The fourth-order valence-corrected chi connectivity index (χ4v) is 6.52. The summed E-state index contributed by atoms with van der Waals surface area (Å²) < 4.78 is 21.9. The Morgan fingerprint density at radius 1 is 0.980 bits per heavy atom. The average Bonchev–Trinajstić information content (AvgIpc) is 3.41. The van der Waals surface area contributed by atoms with Crippen molar-refractivity contribution in [3.8, 4) is 0 Å². The van der Waals surface area contributed by atoms with Gasteiger partial charge in [-0.15, -0.1) is 17.9 Å². The molecule has 273 valence electrons. The first-order valence-electron chi connectivity index (χ1n) is 17.8. The van der Waals surface area contributed by atoms with Crippen LogP contribution in [0.3, 0.4) is 0 Å². The Bertz CT molecular complexity index is 1970. The van der Waals surface area contributed by atoms with Gasteiger partial charge < -0.3 is 14.5 Å². The van der Waals surface area contributed by atoms with Crippen LogP contribution in [-0.2, 0) is 31.3 Å². The van der Waals surface area contributed by atoms with Gasteiger partial charge in [-0.1, -0.05) is 84.7 Å². The zero-order valence-corrected chi connectivity index (χ0v) is 34.1. The van der Waals surface area contributed by atoms with Crippen molar-refractivity contribution in [1.29, 1.82) is 0 Å². The van der Waals surface area contributed by atoms with Gasteiger partial charge in [-0.05, 0) is 91.1 Å².